The topological polar surface area (TPSA) is 33.1 Å². The highest BCUT2D eigenvalue weighted by atomic mass is 35.5. The molecule has 72 valence electrons. The van der Waals surface area contributed by atoms with Gasteiger partial charge in [-0.2, -0.15) is 0 Å². The highest BCUT2D eigenvalue weighted by Gasteiger charge is 2.02. The minimum absolute atomic E-state index is 0.460. The highest BCUT2D eigenvalue weighted by Crippen LogP contribution is 2.21. The number of aliphatic hydroxyl groups excluding tert-OH is 1. The molecule has 0 aliphatic heterocycles. The van der Waals surface area contributed by atoms with Crippen LogP contribution in [0.25, 0.3) is 10.9 Å². The van der Waals surface area contributed by atoms with Gasteiger partial charge in [-0.15, -0.1) is 0 Å². The third kappa shape index (κ3) is 1.72. The Morgan fingerprint density at radius 1 is 1.36 bits per heavy atom. The van der Waals surface area contributed by atoms with Gasteiger partial charge in [0.1, 0.15) is 0 Å². The lowest BCUT2D eigenvalue weighted by atomic mass is 10.1. The SMILES string of the molecule is CC(O)c1ccc2ncc(Cl)cc2c1. The summed E-state index contributed by atoms with van der Waals surface area (Å²) in [5.74, 6) is 0. The Balaban J connectivity index is 2.63. The standard InChI is InChI=1S/C11H10ClNO/c1-7(14)8-2-3-11-9(4-8)5-10(12)6-13-11/h2-7,14H,1H3. The molecule has 2 rings (SSSR count). The zero-order chi connectivity index (χ0) is 10.1. The van der Waals surface area contributed by atoms with Crippen LogP contribution in [-0.2, 0) is 0 Å². The number of aromatic nitrogens is 1. The molecule has 2 nitrogen and oxygen atoms in total. The van der Waals surface area contributed by atoms with Crippen molar-refractivity contribution in [2.75, 3.05) is 0 Å². The van der Waals surface area contributed by atoms with Gasteiger partial charge in [0, 0.05) is 11.6 Å². The van der Waals surface area contributed by atoms with Gasteiger partial charge in [0.15, 0.2) is 0 Å². The average molecular weight is 208 g/mol. The molecule has 3 heteroatoms. The third-order valence-electron chi connectivity index (χ3n) is 2.15. The van der Waals surface area contributed by atoms with Crippen molar-refractivity contribution in [1.82, 2.24) is 4.98 Å². The summed E-state index contributed by atoms with van der Waals surface area (Å²) in [6, 6.07) is 7.50. The summed E-state index contributed by atoms with van der Waals surface area (Å²) < 4.78 is 0. The van der Waals surface area contributed by atoms with E-state index in [0.29, 0.717) is 5.02 Å². The van der Waals surface area contributed by atoms with Gasteiger partial charge in [0.25, 0.3) is 0 Å². The summed E-state index contributed by atoms with van der Waals surface area (Å²) >= 11 is 5.83. The summed E-state index contributed by atoms with van der Waals surface area (Å²) in [7, 11) is 0. The third-order valence-corrected chi connectivity index (χ3v) is 2.36. The van der Waals surface area contributed by atoms with Crippen molar-refractivity contribution in [2.24, 2.45) is 0 Å². The van der Waals surface area contributed by atoms with E-state index < -0.39 is 6.10 Å². The molecule has 0 saturated heterocycles. The van der Waals surface area contributed by atoms with Gasteiger partial charge in [-0.1, -0.05) is 17.7 Å². The monoisotopic (exact) mass is 207 g/mol. The molecule has 1 atom stereocenters. The molecule has 0 spiro atoms. The van der Waals surface area contributed by atoms with Crippen LogP contribution >= 0.6 is 11.6 Å². The predicted molar refractivity (Wildman–Crippen MR) is 57.4 cm³/mol. The average Bonchev–Trinajstić information content (AvgIpc) is 2.16. The minimum Gasteiger partial charge on any atom is -0.389 e. The number of nitrogens with zero attached hydrogens (tertiary/aromatic N) is 1. The first-order valence-corrected chi connectivity index (χ1v) is 4.78. The first kappa shape index (κ1) is 9.44. The first-order chi connectivity index (χ1) is 6.66. The van der Waals surface area contributed by atoms with Crippen molar-refractivity contribution in [1.29, 1.82) is 0 Å². The molecule has 0 saturated carbocycles. The molecule has 14 heavy (non-hydrogen) atoms. The maximum atomic E-state index is 9.40. The van der Waals surface area contributed by atoms with Crippen molar-refractivity contribution >= 4 is 22.5 Å². The van der Waals surface area contributed by atoms with Crippen LogP contribution in [0.2, 0.25) is 5.02 Å². The molecule has 1 heterocycles. The molecule has 1 unspecified atom stereocenters. The number of fused-ring (bicyclic) bond motifs is 1. The number of hydrogen-bond acceptors (Lipinski definition) is 2. The molecule has 1 N–H and O–H groups in total. The van der Waals surface area contributed by atoms with Gasteiger partial charge in [-0.25, -0.2) is 0 Å². The van der Waals surface area contributed by atoms with Gasteiger partial charge < -0.3 is 5.11 Å². The number of hydrogen-bond donors (Lipinski definition) is 1. The molecule has 0 radical (unpaired) electrons. The fourth-order valence-electron chi connectivity index (χ4n) is 1.38. The summed E-state index contributed by atoms with van der Waals surface area (Å²) in [6.07, 6.45) is 1.16. The van der Waals surface area contributed by atoms with E-state index >= 15 is 0 Å². The van der Waals surface area contributed by atoms with E-state index in [1.807, 2.05) is 24.3 Å². The molecule has 0 aliphatic rings. The van der Waals surface area contributed by atoms with E-state index in [0.717, 1.165) is 16.5 Å². The Hall–Kier alpha value is -1.12. The van der Waals surface area contributed by atoms with Crippen LogP contribution in [0.5, 0.6) is 0 Å². The Kier molecular flexibility index (Phi) is 2.40. The maximum Gasteiger partial charge on any atom is 0.0762 e. The zero-order valence-corrected chi connectivity index (χ0v) is 8.49. The largest absolute Gasteiger partial charge is 0.389 e. The first-order valence-electron chi connectivity index (χ1n) is 4.40. The number of benzene rings is 1. The van der Waals surface area contributed by atoms with E-state index in [9.17, 15) is 5.11 Å². The molecule has 2 aromatic rings. The van der Waals surface area contributed by atoms with Crippen LogP contribution in [0.15, 0.2) is 30.5 Å². The normalized spacial score (nSPS) is 13.1. The van der Waals surface area contributed by atoms with Crippen LogP contribution in [0, 0.1) is 0 Å². The van der Waals surface area contributed by atoms with Crippen molar-refractivity contribution in [2.45, 2.75) is 13.0 Å². The van der Waals surface area contributed by atoms with Crippen LogP contribution in [0.4, 0.5) is 0 Å². The Morgan fingerprint density at radius 2 is 2.14 bits per heavy atom. The van der Waals surface area contributed by atoms with Gasteiger partial charge in [0.2, 0.25) is 0 Å². The zero-order valence-electron chi connectivity index (χ0n) is 7.74. The molecule has 1 aromatic heterocycles. The van der Waals surface area contributed by atoms with Crippen molar-refractivity contribution < 1.29 is 5.11 Å². The van der Waals surface area contributed by atoms with E-state index in [1.54, 1.807) is 13.1 Å². The summed E-state index contributed by atoms with van der Waals surface area (Å²) in [4.78, 5) is 4.17. The van der Waals surface area contributed by atoms with E-state index in [2.05, 4.69) is 4.98 Å². The van der Waals surface area contributed by atoms with Gasteiger partial charge in [-0.05, 0) is 30.7 Å². The molecular formula is C11H10ClNO. The highest BCUT2D eigenvalue weighted by molar-refractivity contribution is 6.31. The second-order valence-electron chi connectivity index (χ2n) is 3.28. The minimum atomic E-state index is -0.460. The summed E-state index contributed by atoms with van der Waals surface area (Å²) in [5, 5.41) is 11.0. The van der Waals surface area contributed by atoms with Gasteiger partial charge >= 0.3 is 0 Å². The second kappa shape index (κ2) is 3.56. The summed E-state index contributed by atoms with van der Waals surface area (Å²) in [6.45, 7) is 1.74. The maximum absolute atomic E-state index is 9.40. The molecule has 0 fully saturated rings. The number of aliphatic hydroxyl groups is 1. The van der Waals surface area contributed by atoms with Crippen LogP contribution in [0.1, 0.15) is 18.6 Å². The van der Waals surface area contributed by atoms with Crippen LogP contribution in [0.3, 0.4) is 0 Å². The van der Waals surface area contributed by atoms with Crippen molar-refractivity contribution in [3.8, 4) is 0 Å². The molecule has 0 amide bonds. The molecule has 0 aliphatic carbocycles. The Bertz CT molecular complexity index is 468. The summed E-state index contributed by atoms with van der Waals surface area (Å²) in [5.41, 5.74) is 1.76. The van der Waals surface area contributed by atoms with E-state index in [1.165, 1.54) is 0 Å². The fraction of sp³-hybridized carbons (Fsp3) is 0.182. The van der Waals surface area contributed by atoms with E-state index in [4.69, 9.17) is 11.6 Å². The lowest BCUT2D eigenvalue weighted by Gasteiger charge is -2.05. The quantitative estimate of drug-likeness (QED) is 0.780. The van der Waals surface area contributed by atoms with E-state index in [-0.39, 0.29) is 0 Å². The predicted octanol–water partition coefficient (Wildman–Crippen LogP) is 2.94. The molecule has 1 aromatic carbocycles. The number of rotatable bonds is 1. The van der Waals surface area contributed by atoms with Gasteiger partial charge in [-0.3, -0.25) is 4.98 Å². The fourth-order valence-corrected chi connectivity index (χ4v) is 1.55. The lowest BCUT2D eigenvalue weighted by Crippen LogP contribution is -1.90. The van der Waals surface area contributed by atoms with Crippen molar-refractivity contribution in [3.63, 3.8) is 0 Å². The second-order valence-corrected chi connectivity index (χ2v) is 3.72. The number of halogens is 1. The Labute approximate surface area is 87.2 Å². The molecule has 0 bridgehead atoms. The Morgan fingerprint density at radius 3 is 2.86 bits per heavy atom. The smallest absolute Gasteiger partial charge is 0.0762 e. The number of pyridine rings is 1. The lowest BCUT2D eigenvalue weighted by molar-refractivity contribution is 0.199. The van der Waals surface area contributed by atoms with Crippen LogP contribution < -0.4 is 0 Å². The molecular weight excluding hydrogens is 198 g/mol. The van der Waals surface area contributed by atoms with Crippen molar-refractivity contribution in [3.05, 3.63) is 41.0 Å². The van der Waals surface area contributed by atoms with Crippen LogP contribution in [-0.4, -0.2) is 10.1 Å². The van der Waals surface area contributed by atoms with Gasteiger partial charge in [0.05, 0.1) is 16.6 Å².